The Balaban J connectivity index is 1.55. The fraction of sp³-hybridized carbons (Fsp3) is 0.562. The van der Waals surface area contributed by atoms with E-state index in [-0.39, 0.29) is 0 Å². The molecule has 2 aliphatic rings. The van der Waals surface area contributed by atoms with Crippen LogP contribution in [0.4, 0.5) is 0 Å². The van der Waals surface area contributed by atoms with E-state index < -0.39 is 0 Å². The van der Waals surface area contributed by atoms with Crippen LogP contribution in [0.3, 0.4) is 0 Å². The molecule has 1 unspecified atom stereocenters. The summed E-state index contributed by atoms with van der Waals surface area (Å²) < 4.78 is 11.1. The zero-order valence-corrected chi connectivity index (χ0v) is 14.8. The molecule has 0 bridgehead atoms. The van der Waals surface area contributed by atoms with Crippen LogP contribution in [-0.4, -0.2) is 43.8 Å². The van der Waals surface area contributed by atoms with Gasteiger partial charge in [0, 0.05) is 25.4 Å². The number of aliphatic imine (C=N–C) groups is 1. The lowest BCUT2D eigenvalue weighted by Gasteiger charge is -2.20. The molecule has 2 N–H and O–H groups in total. The Bertz CT molecular complexity index is 577. The largest absolute Gasteiger partial charge is 0.486 e. The smallest absolute Gasteiger partial charge is 0.191 e. The molecule has 1 aromatic carbocycles. The molecule has 2 heterocycles. The van der Waals surface area contributed by atoms with Gasteiger partial charge in [0.1, 0.15) is 13.2 Å². The van der Waals surface area contributed by atoms with Gasteiger partial charge in [-0.1, -0.05) is 11.6 Å². The molecule has 0 aliphatic carbocycles. The van der Waals surface area contributed by atoms with Crippen LogP contribution in [-0.2, 0) is 6.54 Å². The average Bonchev–Trinajstić information content (AvgIpc) is 3.08. The first-order valence-electron chi connectivity index (χ1n) is 7.90. The maximum absolute atomic E-state index is 6.26. The first-order chi connectivity index (χ1) is 11.3. The highest BCUT2D eigenvalue weighted by Crippen LogP contribution is 2.38. The maximum Gasteiger partial charge on any atom is 0.191 e. The van der Waals surface area contributed by atoms with Crippen molar-refractivity contribution in [1.82, 2.24) is 10.6 Å². The molecule has 1 fully saturated rings. The molecule has 1 atom stereocenters. The summed E-state index contributed by atoms with van der Waals surface area (Å²) in [5, 5.41) is 7.99. The second kappa shape index (κ2) is 8.02. The molecule has 1 aromatic rings. The molecule has 1 saturated heterocycles. The van der Waals surface area contributed by atoms with E-state index in [9.17, 15) is 0 Å². The van der Waals surface area contributed by atoms with Crippen molar-refractivity contribution < 1.29 is 9.47 Å². The Hall–Kier alpha value is -1.27. The van der Waals surface area contributed by atoms with Gasteiger partial charge < -0.3 is 20.1 Å². The number of nitrogens with one attached hydrogen (secondary N) is 2. The van der Waals surface area contributed by atoms with Crippen molar-refractivity contribution in [2.75, 3.05) is 32.6 Å². The van der Waals surface area contributed by atoms with Crippen LogP contribution in [0.1, 0.15) is 18.4 Å². The molecular weight excluding hydrogens is 334 g/mol. The van der Waals surface area contributed by atoms with E-state index in [0.717, 1.165) is 18.1 Å². The average molecular weight is 356 g/mol. The number of rotatable bonds is 4. The minimum atomic E-state index is 0.542. The number of fused-ring (bicyclic) bond motifs is 1. The molecular formula is C16H22ClN3O2S. The van der Waals surface area contributed by atoms with Crippen molar-refractivity contribution in [3.8, 4) is 11.5 Å². The van der Waals surface area contributed by atoms with Crippen LogP contribution in [0.5, 0.6) is 11.5 Å². The fourth-order valence-electron chi connectivity index (χ4n) is 2.69. The fourth-order valence-corrected chi connectivity index (χ4v) is 4.18. The second-order valence-corrected chi connectivity index (χ2v) is 7.36. The molecule has 0 saturated carbocycles. The molecule has 23 heavy (non-hydrogen) atoms. The molecule has 0 spiro atoms. The third-order valence-electron chi connectivity index (χ3n) is 3.86. The highest BCUT2D eigenvalue weighted by atomic mass is 35.5. The number of hydrogen-bond donors (Lipinski definition) is 2. The summed E-state index contributed by atoms with van der Waals surface area (Å²) in [5.74, 6) is 3.44. The van der Waals surface area contributed by atoms with Crippen LogP contribution in [0.2, 0.25) is 5.02 Å². The van der Waals surface area contributed by atoms with Crippen LogP contribution < -0.4 is 20.1 Å². The summed E-state index contributed by atoms with van der Waals surface area (Å²) in [6.07, 6.45) is 2.60. The quantitative estimate of drug-likeness (QED) is 0.642. The number of hydrogen-bond acceptors (Lipinski definition) is 4. The van der Waals surface area contributed by atoms with Gasteiger partial charge in [-0.15, -0.1) is 0 Å². The van der Waals surface area contributed by atoms with E-state index in [1.165, 1.54) is 18.6 Å². The molecule has 0 aromatic heterocycles. The lowest BCUT2D eigenvalue weighted by Crippen LogP contribution is -2.39. The maximum atomic E-state index is 6.26. The second-order valence-electron chi connectivity index (χ2n) is 5.54. The Kier molecular flexibility index (Phi) is 5.78. The van der Waals surface area contributed by atoms with Crippen LogP contribution in [0, 0.1) is 0 Å². The van der Waals surface area contributed by atoms with E-state index in [0.29, 0.717) is 41.5 Å². The van der Waals surface area contributed by atoms with Gasteiger partial charge in [0.05, 0.1) is 5.02 Å². The number of thioether (sulfide) groups is 1. The third-order valence-corrected chi connectivity index (χ3v) is 5.54. The summed E-state index contributed by atoms with van der Waals surface area (Å²) in [6, 6.07) is 3.87. The standard InChI is InChI=1S/C16H22ClN3O2S/c1-18-16(20-10-12-3-2-6-23-12)19-9-11-7-13(17)15-14(8-11)21-4-5-22-15/h7-8,12H,2-6,9-10H2,1H3,(H2,18,19,20). The zero-order chi connectivity index (χ0) is 16.1. The number of nitrogens with zero attached hydrogens (tertiary/aromatic N) is 1. The predicted molar refractivity (Wildman–Crippen MR) is 96.1 cm³/mol. The SMILES string of the molecule is CN=C(NCc1cc(Cl)c2c(c1)OCCO2)NCC1CCCS1. The van der Waals surface area contributed by atoms with Crippen molar-refractivity contribution in [2.45, 2.75) is 24.6 Å². The molecule has 0 amide bonds. The highest BCUT2D eigenvalue weighted by molar-refractivity contribution is 8.00. The van der Waals surface area contributed by atoms with Crippen LogP contribution >= 0.6 is 23.4 Å². The van der Waals surface area contributed by atoms with Gasteiger partial charge in [0.15, 0.2) is 17.5 Å². The van der Waals surface area contributed by atoms with Crippen molar-refractivity contribution in [1.29, 1.82) is 0 Å². The Morgan fingerprint density at radius 1 is 1.35 bits per heavy atom. The topological polar surface area (TPSA) is 54.9 Å². The number of halogens is 1. The van der Waals surface area contributed by atoms with Crippen LogP contribution in [0.15, 0.2) is 17.1 Å². The van der Waals surface area contributed by atoms with Gasteiger partial charge in [-0.25, -0.2) is 0 Å². The Labute approximate surface area is 146 Å². The zero-order valence-electron chi connectivity index (χ0n) is 13.2. The van der Waals surface area contributed by atoms with E-state index in [2.05, 4.69) is 15.6 Å². The van der Waals surface area contributed by atoms with Crippen molar-refractivity contribution in [2.24, 2.45) is 4.99 Å². The molecule has 0 radical (unpaired) electrons. The van der Waals surface area contributed by atoms with E-state index in [1.54, 1.807) is 7.05 Å². The van der Waals surface area contributed by atoms with Crippen LogP contribution in [0.25, 0.3) is 0 Å². The summed E-state index contributed by atoms with van der Waals surface area (Å²) in [5.41, 5.74) is 1.04. The summed E-state index contributed by atoms with van der Waals surface area (Å²) in [7, 11) is 1.79. The van der Waals surface area contributed by atoms with Gasteiger partial charge in [0.25, 0.3) is 0 Å². The van der Waals surface area contributed by atoms with E-state index in [4.69, 9.17) is 21.1 Å². The summed E-state index contributed by atoms with van der Waals surface area (Å²) >= 11 is 8.30. The monoisotopic (exact) mass is 355 g/mol. The van der Waals surface area contributed by atoms with Gasteiger partial charge in [-0.05, 0) is 36.3 Å². The molecule has 7 heteroatoms. The van der Waals surface area contributed by atoms with E-state index >= 15 is 0 Å². The third kappa shape index (κ3) is 4.38. The van der Waals surface area contributed by atoms with Gasteiger partial charge in [-0.2, -0.15) is 11.8 Å². The minimum Gasteiger partial charge on any atom is -0.486 e. The minimum absolute atomic E-state index is 0.542. The number of guanidine groups is 1. The number of ether oxygens (including phenoxy) is 2. The summed E-state index contributed by atoms with van der Waals surface area (Å²) in [4.78, 5) is 4.27. The molecule has 5 nitrogen and oxygen atoms in total. The van der Waals surface area contributed by atoms with Gasteiger partial charge >= 0.3 is 0 Å². The van der Waals surface area contributed by atoms with Crippen molar-refractivity contribution in [3.05, 3.63) is 22.7 Å². The molecule has 3 rings (SSSR count). The normalized spacial score (nSPS) is 20.4. The molecule has 2 aliphatic heterocycles. The first kappa shape index (κ1) is 16.6. The first-order valence-corrected chi connectivity index (χ1v) is 9.33. The number of benzene rings is 1. The lowest BCUT2D eigenvalue weighted by molar-refractivity contribution is 0.171. The molecule has 126 valence electrons. The lowest BCUT2D eigenvalue weighted by atomic mass is 10.2. The summed E-state index contributed by atoms with van der Waals surface area (Å²) in [6.45, 7) is 2.68. The van der Waals surface area contributed by atoms with Crippen molar-refractivity contribution in [3.63, 3.8) is 0 Å². The van der Waals surface area contributed by atoms with Gasteiger partial charge in [0.2, 0.25) is 0 Å². The predicted octanol–water partition coefficient (Wildman–Crippen LogP) is 2.67. The van der Waals surface area contributed by atoms with E-state index in [1.807, 2.05) is 23.9 Å². The van der Waals surface area contributed by atoms with Crippen molar-refractivity contribution >= 4 is 29.3 Å². The highest BCUT2D eigenvalue weighted by Gasteiger charge is 2.17. The Morgan fingerprint density at radius 3 is 3.00 bits per heavy atom. The van der Waals surface area contributed by atoms with Gasteiger partial charge in [-0.3, -0.25) is 4.99 Å². The Morgan fingerprint density at radius 2 is 2.22 bits per heavy atom.